The summed E-state index contributed by atoms with van der Waals surface area (Å²) >= 11 is 0. The van der Waals surface area contributed by atoms with Crippen LogP contribution in [0.3, 0.4) is 0 Å². The summed E-state index contributed by atoms with van der Waals surface area (Å²) in [4.78, 5) is 35.4. The van der Waals surface area contributed by atoms with E-state index in [1.807, 2.05) is 30.3 Å². The molecule has 0 bridgehead atoms. The van der Waals surface area contributed by atoms with Gasteiger partial charge in [-0.25, -0.2) is 4.79 Å². The average Bonchev–Trinajstić information content (AvgIpc) is 2.77. The van der Waals surface area contributed by atoms with Gasteiger partial charge in [0.2, 0.25) is 5.91 Å². The number of alkyl carbamates (subject to hydrolysis) is 1. The summed E-state index contributed by atoms with van der Waals surface area (Å²) in [6.07, 6.45) is 1.24. The van der Waals surface area contributed by atoms with E-state index in [0.717, 1.165) is 5.56 Å². The van der Waals surface area contributed by atoms with Gasteiger partial charge in [0.1, 0.15) is 12.4 Å². The number of amides is 3. The number of hydrogen-bond donors (Lipinski definition) is 4. The van der Waals surface area contributed by atoms with Crippen molar-refractivity contribution in [3.8, 4) is 5.75 Å². The first-order valence-corrected chi connectivity index (χ1v) is 9.89. The third-order valence-corrected chi connectivity index (χ3v) is 4.49. The Morgan fingerprint density at radius 3 is 2.48 bits per heavy atom. The molecule has 2 aromatic rings. The highest BCUT2D eigenvalue weighted by Gasteiger charge is 2.15. The Hall–Kier alpha value is -3.59. The monoisotopic (exact) mass is 428 g/mol. The molecule has 31 heavy (non-hydrogen) atoms. The van der Waals surface area contributed by atoms with Gasteiger partial charge in [0.25, 0.3) is 5.91 Å². The molecule has 0 aromatic heterocycles. The Labute approximate surface area is 181 Å². The number of unbranched alkanes of at least 4 members (excludes halogenated alkanes) is 1. The van der Waals surface area contributed by atoms with Crippen LogP contribution in [0.1, 0.15) is 35.2 Å². The van der Waals surface area contributed by atoms with Crippen molar-refractivity contribution in [2.24, 2.45) is 11.5 Å². The van der Waals surface area contributed by atoms with E-state index in [1.54, 1.807) is 12.1 Å². The van der Waals surface area contributed by atoms with Gasteiger partial charge in [0.05, 0.1) is 18.7 Å². The molecule has 0 fully saturated rings. The van der Waals surface area contributed by atoms with Crippen LogP contribution in [0.25, 0.3) is 0 Å². The number of rotatable bonds is 11. The number of hydrogen-bond acceptors (Lipinski definition) is 6. The Morgan fingerprint density at radius 1 is 1.06 bits per heavy atom. The minimum absolute atomic E-state index is 0.166. The number of anilines is 1. The fourth-order valence-corrected chi connectivity index (χ4v) is 2.80. The van der Waals surface area contributed by atoms with Crippen molar-refractivity contribution in [3.63, 3.8) is 0 Å². The topological polar surface area (TPSA) is 146 Å². The van der Waals surface area contributed by atoms with E-state index in [2.05, 4.69) is 10.6 Å². The van der Waals surface area contributed by atoms with Crippen LogP contribution >= 0.6 is 0 Å². The normalized spacial score (nSPS) is 11.3. The molecular weight excluding hydrogens is 400 g/mol. The summed E-state index contributed by atoms with van der Waals surface area (Å²) < 4.78 is 10.2. The lowest BCUT2D eigenvalue weighted by molar-refractivity contribution is -0.117. The lowest BCUT2D eigenvalue weighted by atomic mass is 10.1. The fourth-order valence-electron chi connectivity index (χ4n) is 2.80. The molecule has 2 rings (SSSR count). The van der Waals surface area contributed by atoms with Crippen molar-refractivity contribution in [1.82, 2.24) is 5.32 Å². The van der Waals surface area contributed by atoms with Crippen molar-refractivity contribution >= 4 is 23.6 Å². The molecule has 9 heteroatoms. The maximum absolute atomic E-state index is 12.3. The zero-order valence-corrected chi connectivity index (χ0v) is 17.4. The maximum atomic E-state index is 12.3. The summed E-state index contributed by atoms with van der Waals surface area (Å²) in [6, 6.07) is 13.2. The zero-order valence-electron chi connectivity index (χ0n) is 17.4. The van der Waals surface area contributed by atoms with Crippen LogP contribution in [-0.2, 0) is 16.1 Å². The first-order valence-electron chi connectivity index (χ1n) is 9.89. The van der Waals surface area contributed by atoms with Gasteiger partial charge < -0.3 is 31.6 Å². The standard InChI is InChI=1S/C22H28N4O5/c1-30-19-11-10-16(13-17(19)20(24)27)26-21(28)18(23)9-5-6-12-25-22(29)31-14-15-7-3-2-4-8-15/h2-4,7-8,10-11,13,18H,5-6,9,12,14,23H2,1H3,(H2,24,27)(H,25,29)(H,26,28)/t18-/m0/s1. The molecule has 0 aliphatic rings. The molecule has 3 amide bonds. The van der Waals surface area contributed by atoms with Crippen molar-refractivity contribution in [3.05, 3.63) is 59.7 Å². The SMILES string of the molecule is COc1ccc(NC(=O)[C@@H](N)CCCCNC(=O)OCc2ccccc2)cc1C(N)=O. The Balaban J connectivity index is 1.66. The summed E-state index contributed by atoms with van der Waals surface area (Å²) in [6.45, 7) is 0.628. The number of methoxy groups -OCH3 is 1. The van der Waals surface area contributed by atoms with Gasteiger partial charge in [-0.15, -0.1) is 0 Å². The highest BCUT2D eigenvalue weighted by atomic mass is 16.5. The van der Waals surface area contributed by atoms with Crippen LogP contribution in [0.5, 0.6) is 5.75 Å². The molecule has 0 aliphatic carbocycles. The molecule has 0 heterocycles. The summed E-state index contributed by atoms with van der Waals surface area (Å²) in [5, 5.41) is 5.33. The summed E-state index contributed by atoms with van der Waals surface area (Å²) in [5.74, 6) is -0.715. The summed E-state index contributed by atoms with van der Waals surface area (Å²) in [5.41, 5.74) is 12.7. The number of nitrogens with two attached hydrogens (primary N) is 2. The van der Waals surface area contributed by atoms with E-state index in [4.69, 9.17) is 20.9 Å². The molecule has 2 aromatic carbocycles. The van der Waals surface area contributed by atoms with E-state index in [1.165, 1.54) is 13.2 Å². The van der Waals surface area contributed by atoms with Crippen molar-refractivity contribution in [2.45, 2.75) is 31.9 Å². The van der Waals surface area contributed by atoms with Crippen LogP contribution < -0.4 is 26.8 Å². The number of ether oxygens (including phenoxy) is 2. The van der Waals surface area contributed by atoms with Crippen molar-refractivity contribution in [2.75, 3.05) is 19.0 Å². The lowest BCUT2D eigenvalue weighted by Gasteiger charge is -2.14. The Kier molecular flexibility index (Phi) is 9.31. The molecule has 6 N–H and O–H groups in total. The molecule has 0 spiro atoms. The van der Waals surface area contributed by atoms with E-state index in [9.17, 15) is 14.4 Å². The Morgan fingerprint density at radius 2 is 1.81 bits per heavy atom. The van der Waals surface area contributed by atoms with Gasteiger partial charge in [0.15, 0.2) is 0 Å². The zero-order chi connectivity index (χ0) is 22.6. The van der Waals surface area contributed by atoms with Gasteiger partial charge in [-0.1, -0.05) is 30.3 Å². The molecule has 0 saturated carbocycles. The van der Waals surface area contributed by atoms with Crippen LogP contribution in [0.4, 0.5) is 10.5 Å². The third kappa shape index (κ3) is 7.98. The van der Waals surface area contributed by atoms with Crippen LogP contribution in [0.2, 0.25) is 0 Å². The van der Waals surface area contributed by atoms with Gasteiger partial charge in [-0.05, 0) is 43.0 Å². The molecular formula is C22H28N4O5. The lowest BCUT2D eigenvalue weighted by Crippen LogP contribution is -2.35. The van der Waals surface area contributed by atoms with Gasteiger partial charge in [-0.2, -0.15) is 0 Å². The quantitative estimate of drug-likeness (QED) is 0.404. The highest BCUT2D eigenvalue weighted by molar-refractivity contribution is 5.99. The predicted octanol–water partition coefficient (Wildman–Crippen LogP) is 2.16. The minimum Gasteiger partial charge on any atom is -0.496 e. The molecule has 0 radical (unpaired) electrons. The number of benzene rings is 2. The second-order valence-electron chi connectivity index (χ2n) is 6.86. The second-order valence-corrected chi connectivity index (χ2v) is 6.86. The largest absolute Gasteiger partial charge is 0.496 e. The van der Waals surface area contributed by atoms with Crippen LogP contribution in [0.15, 0.2) is 48.5 Å². The van der Waals surface area contributed by atoms with Gasteiger partial charge in [0, 0.05) is 12.2 Å². The van der Waals surface area contributed by atoms with E-state index < -0.39 is 18.0 Å². The van der Waals surface area contributed by atoms with Crippen molar-refractivity contribution < 1.29 is 23.9 Å². The minimum atomic E-state index is -0.732. The molecule has 0 unspecified atom stereocenters. The molecule has 1 atom stereocenters. The van der Waals surface area contributed by atoms with Crippen molar-refractivity contribution in [1.29, 1.82) is 0 Å². The molecule has 166 valence electrons. The van der Waals surface area contributed by atoms with Gasteiger partial charge >= 0.3 is 6.09 Å². The summed E-state index contributed by atoms with van der Waals surface area (Å²) in [7, 11) is 1.42. The smallest absolute Gasteiger partial charge is 0.407 e. The number of nitrogens with one attached hydrogen (secondary N) is 2. The van der Waals surface area contributed by atoms with E-state index >= 15 is 0 Å². The number of carbonyl (C=O) groups excluding carboxylic acids is 3. The van der Waals surface area contributed by atoms with E-state index in [-0.39, 0.29) is 18.1 Å². The highest BCUT2D eigenvalue weighted by Crippen LogP contribution is 2.22. The molecule has 0 aliphatic heterocycles. The molecule has 0 saturated heterocycles. The third-order valence-electron chi connectivity index (χ3n) is 4.49. The van der Waals surface area contributed by atoms with Crippen LogP contribution in [-0.4, -0.2) is 37.6 Å². The maximum Gasteiger partial charge on any atom is 0.407 e. The number of carbonyl (C=O) groups is 3. The molecule has 9 nitrogen and oxygen atoms in total. The van der Waals surface area contributed by atoms with E-state index in [0.29, 0.717) is 37.2 Å². The Bertz CT molecular complexity index is 889. The average molecular weight is 428 g/mol. The second kappa shape index (κ2) is 12.2. The van der Waals surface area contributed by atoms with Gasteiger partial charge in [-0.3, -0.25) is 9.59 Å². The fraction of sp³-hybridized carbons (Fsp3) is 0.318. The number of primary amides is 1. The first-order chi connectivity index (χ1) is 14.9. The van der Waals surface area contributed by atoms with Crippen LogP contribution in [0, 0.1) is 0 Å². The first kappa shape index (κ1) is 23.7. The predicted molar refractivity (Wildman–Crippen MR) is 117 cm³/mol.